The van der Waals surface area contributed by atoms with Gasteiger partial charge in [0.1, 0.15) is 0 Å². The molecule has 0 aromatic rings. The van der Waals surface area contributed by atoms with Crippen LogP contribution in [0.1, 0.15) is 20.3 Å². The lowest BCUT2D eigenvalue weighted by Crippen LogP contribution is -1.84. The zero-order chi connectivity index (χ0) is 6.57. The second-order valence-electron chi connectivity index (χ2n) is 1.57. The zero-order valence-electron chi connectivity index (χ0n) is 5.07. The summed E-state index contributed by atoms with van der Waals surface area (Å²) in [6.07, 6.45) is 2.87. The van der Waals surface area contributed by atoms with Crippen molar-refractivity contribution in [1.82, 2.24) is 0 Å². The van der Waals surface area contributed by atoms with E-state index in [1.165, 1.54) is 0 Å². The van der Waals surface area contributed by atoms with Crippen molar-refractivity contribution in [3.63, 3.8) is 0 Å². The van der Waals surface area contributed by atoms with E-state index in [4.69, 9.17) is 0 Å². The van der Waals surface area contributed by atoms with Crippen LogP contribution in [-0.4, -0.2) is 3.79 Å². The fourth-order valence-corrected chi connectivity index (χ4v) is 0.607. The van der Waals surface area contributed by atoms with E-state index < -0.39 is 0 Å². The number of allylic oxidation sites excluding steroid dienone is 2. The van der Waals surface area contributed by atoms with Crippen LogP contribution in [0, 0.1) is 0 Å². The lowest BCUT2D eigenvalue weighted by molar-refractivity contribution is -0.106. The minimum Gasteiger partial charge on any atom is -0.283 e. The first-order valence-corrected chi connectivity index (χ1v) is 3.63. The Labute approximate surface area is 63.3 Å². The molecule has 0 fully saturated rings. The Morgan fingerprint density at radius 3 is 2.38 bits per heavy atom. The van der Waals surface area contributed by atoms with Crippen molar-refractivity contribution in [2.24, 2.45) is 0 Å². The molecule has 0 N–H and O–H groups in total. The second-order valence-corrected chi connectivity index (χ2v) is 2.55. The van der Waals surface area contributed by atoms with Crippen LogP contribution in [0.25, 0.3) is 0 Å². The first-order chi connectivity index (χ1) is 3.68. The van der Waals surface area contributed by atoms with Crippen LogP contribution in [0.15, 0.2) is 11.6 Å². The summed E-state index contributed by atoms with van der Waals surface area (Å²) in [5.74, 6) is 0. The van der Waals surface area contributed by atoms with Gasteiger partial charge < -0.3 is 0 Å². The van der Waals surface area contributed by atoms with Crippen molar-refractivity contribution >= 4 is 26.4 Å². The van der Waals surface area contributed by atoms with Crippen molar-refractivity contribution in [3.8, 4) is 0 Å². The van der Waals surface area contributed by atoms with Gasteiger partial charge in [-0.05, 0) is 18.9 Å². The second kappa shape index (κ2) is 4.06. The maximum atomic E-state index is 10.5. The Morgan fingerprint density at radius 1 is 1.75 bits per heavy atom. The minimum atomic E-state index is 0.143. The van der Waals surface area contributed by atoms with Crippen molar-refractivity contribution in [3.05, 3.63) is 11.6 Å². The standard InChI is InChI=1S/C6H9IO/c1-3-4-5(2)6(7)8/h4H,3H2,1-2H3. The molecule has 0 atom stereocenters. The molecule has 0 aliphatic rings. The maximum absolute atomic E-state index is 10.5. The molecule has 0 saturated carbocycles. The van der Waals surface area contributed by atoms with Crippen molar-refractivity contribution < 1.29 is 4.79 Å². The summed E-state index contributed by atoms with van der Waals surface area (Å²) in [6.45, 7) is 3.85. The van der Waals surface area contributed by atoms with E-state index in [0.29, 0.717) is 0 Å². The van der Waals surface area contributed by atoms with Gasteiger partial charge in [-0.25, -0.2) is 0 Å². The Kier molecular flexibility index (Phi) is 4.13. The van der Waals surface area contributed by atoms with Crippen LogP contribution in [0.5, 0.6) is 0 Å². The van der Waals surface area contributed by atoms with Crippen LogP contribution in [0.2, 0.25) is 0 Å². The molecule has 0 aromatic heterocycles. The summed E-state index contributed by atoms with van der Waals surface area (Å²) in [4.78, 5) is 10.5. The van der Waals surface area contributed by atoms with Gasteiger partial charge in [-0.2, -0.15) is 0 Å². The Bertz CT molecular complexity index is 116. The maximum Gasteiger partial charge on any atom is 0.217 e. The van der Waals surface area contributed by atoms with Crippen LogP contribution in [0.4, 0.5) is 0 Å². The van der Waals surface area contributed by atoms with Gasteiger partial charge in [0.25, 0.3) is 0 Å². The van der Waals surface area contributed by atoms with Crippen LogP contribution < -0.4 is 0 Å². The number of carbonyl (C=O) groups excluding carboxylic acids is 1. The fraction of sp³-hybridized carbons (Fsp3) is 0.500. The Hall–Kier alpha value is 0.140. The molecular weight excluding hydrogens is 215 g/mol. The molecule has 0 rings (SSSR count). The third-order valence-corrected chi connectivity index (χ3v) is 1.67. The van der Waals surface area contributed by atoms with E-state index in [9.17, 15) is 4.79 Å². The van der Waals surface area contributed by atoms with E-state index in [1.54, 1.807) is 22.6 Å². The van der Waals surface area contributed by atoms with Gasteiger partial charge in [0.15, 0.2) is 0 Å². The highest BCUT2D eigenvalue weighted by Gasteiger charge is 1.93. The average molecular weight is 224 g/mol. The Morgan fingerprint density at radius 2 is 2.25 bits per heavy atom. The lowest BCUT2D eigenvalue weighted by atomic mass is 10.3. The van der Waals surface area contributed by atoms with E-state index >= 15 is 0 Å². The minimum absolute atomic E-state index is 0.143. The van der Waals surface area contributed by atoms with Crippen molar-refractivity contribution in [2.75, 3.05) is 0 Å². The van der Waals surface area contributed by atoms with Gasteiger partial charge in [0.2, 0.25) is 3.79 Å². The summed E-state index contributed by atoms with van der Waals surface area (Å²) in [6, 6.07) is 0. The molecule has 46 valence electrons. The van der Waals surface area contributed by atoms with Crippen LogP contribution in [0.3, 0.4) is 0 Å². The summed E-state index contributed by atoms with van der Waals surface area (Å²) in [5.41, 5.74) is 0.855. The summed E-state index contributed by atoms with van der Waals surface area (Å²) >= 11 is 1.78. The predicted octanol–water partition coefficient (Wildman–Crippen LogP) is 2.30. The van der Waals surface area contributed by atoms with Crippen LogP contribution in [-0.2, 0) is 4.79 Å². The molecular formula is C6H9IO. The van der Waals surface area contributed by atoms with Gasteiger partial charge in [-0.15, -0.1) is 0 Å². The molecule has 0 spiro atoms. The third-order valence-electron chi connectivity index (χ3n) is 0.820. The molecule has 0 aliphatic carbocycles. The molecule has 0 heterocycles. The van der Waals surface area contributed by atoms with Gasteiger partial charge in [-0.3, -0.25) is 4.79 Å². The molecule has 0 amide bonds. The fourth-order valence-electron chi connectivity index (χ4n) is 0.386. The number of hydrogen-bond acceptors (Lipinski definition) is 1. The molecule has 0 bridgehead atoms. The van der Waals surface area contributed by atoms with Gasteiger partial charge in [0.05, 0.1) is 0 Å². The third kappa shape index (κ3) is 3.18. The Balaban J connectivity index is 3.80. The lowest BCUT2D eigenvalue weighted by Gasteiger charge is -1.86. The highest BCUT2D eigenvalue weighted by molar-refractivity contribution is 14.1. The van der Waals surface area contributed by atoms with Gasteiger partial charge >= 0.3 is 0 Å². The van der Waals surface area contributed by atoms with Crippen molar-refractivity contribution in [2.45, 2.75) is 20.3 Å². The first-order valence-electron chi connectivity index (χ1n) is 2.55. The van der Waals surface area contributed by atoms with Gasteiger partial charge in [0, 0.05) is 22.6 Å². The summed E-state index contributed by atoms with van der Waals surface area (Å²) in [7, 11) is 0. The number of halogens is 1. The largest absolute Gasteiger partial charge is 0.283 e. The summed E-state index contributed by atoms with van der Waals surface area (Å²) in [5, 5.41) is 0. The zero-order valence-corrected chi connectivity index (χ0v) is 7.23. The normalized spacial score (nSPS) is 11.6. The molecule has 1 nitrogen and oxygen atoms in total. The summed E-state index contributed by atoms with van der Waals surface area (Å²) < 4.78 is 0.143. The van der Waals surface area contributed by atoms with E-state index in [0.717, 1.165) is 12.0 Å². The quantitative estimate of drug-likeness (QED) is 0.399. The molecule has 0 radical (unpaired) electrons. The monoisotopic (exact) mass is 224 g/mol. The van der Waals surface area contributed by atoms with Crippen LogP contribution >= 0.6 is 22.6 Å². The molecule has 8 heavy (non-hydrogen) atoms. The molecule has 2 heteroatoms. The van der Waals surface area contributed by atoms with Crippen molar-refractivity contribution in [1.29, 1.82) is 0 Å². The van der Waals surface area contributed by atoms with E-state index in [2.05, 4.69) is 0 Å². The highest BCUT2D eigenvalue weighted by atomic mass is 127. The molecule has 0 aromatic carbocycles. The van der Waals surface area contributed by atoms with E-state index in [1.807, 2.05) is 19.9 Å². The molecule has 0 aliphatic heterocycles. The van der Waals surface area contributed by atoms with E-state index in [-0.39, 0.29) is 3.79 Å². The predicted molar refractivity (Wildman–Crippen MR) is 43.1 cm³/mol. The topological polar surface area (TPSA) is 17.1 Å². The smallest absolute Gasteiger partial charge is 0.217 e. The molecule has 0 saturated heterocycles. The average Bonchev–Trinajstić information content (AvgIpc) is 1.67. The number of rotatable bonds is 2. The van der Waals surface area contributed by atoms with Gasteiger partial charge in [-0.1, -0.05) is 13.0 Å². The number of hydrogen-bond donors (Lipinski definition) is 0. The SMILES string of the molecule is CCC=C(C)C(=O)I. The number of carbonyl (C=O) groups is 1. The first kappa shape index (κ1) is 8.14. The highest BCUT2D eigenvalue weighted by Crippen LogP contribution is 2.01. The molecule has 0 unspecified atom stereocenters.